The fourth-order valence-electron chi connectivity index (χ4n) is 4.39. The van der Waals surface area contributed by atoms with Crippen LogP contribution in [0, 0.1) is 11.6 Å². The molecular weight excluding hydrogens is 470 g/mol. The number of nitrogen functional groups attached to an aromatic ring is 1. The minimum absolute atomic E-state index is 0.00764. The number of halogens is 2. The van der Waals surface area contributed by atoms with Gasteiger partial charge in [0, 0.05) is 44.0 Å². The Balaban J connectivity index is 1.47. The van der Waals surface area contributed by atoms with Crippen molar-refractivity contribution in [3.63, 3.8) is 0 Å². The third-order valence-electron chi connectivity index (χ3n) is 6.31. The smallest absolute Gasteiger partial charge is 0.228 e. The molecule has 0 aliphatic carbocycles. The standard InChI is InChI=1S/C25H30F2N6O3/c1-4-29-18(15-5-7-16(26)8-6-15)14-20(34)32-9-11-33(12-10-32)25-30-22-17(24(28)31-25)13-19(35-2)23(36-3)21(22)27/h5-8,13,18,29H,4,9-12,14H2,1-3H3,(H2,28,30,31). The fraction of sp³-hybridized carbons (Fsp3) is 0.400. The number of methoxy groups -OCH3 is 2. The Hall–Kier alpha value is -3.73. The lowest BCUT2D eigenvalue weighted by molar-refractivity contribution is -0.132. The molecule has 1 unspecified atom stereocenters. The minimum Gasteiger partial charge on any atom is -0.493 e. The Kier molecular flexibility index (Phi) is 7.68. The molecule has 1 aromatic heterocycles. The second kappa shape index (κ2) is 10.9. The van der Waals surface area contributed by atoms with E-state index in [1.165, 1.54) is 26.4 Å². The van der Waals surface area contributed by atoms with Crippen molar-refractivity contribution in [1.29, 1.82) is 0 Å². The first-order valence-corrected chi connectivity index (χ1v) is 11.8. The van der Waals surface area contributed by atoms with Crippen LogP contribution in [0.4, 0.5) is 20.5 Å². The van der Waals surface area contributed by atoms with E-state index in [-0.39, 0.29) is 53.0 Å². The van der Waals surface area contributed by atoms with Gasteiger partial charge in [0.15, 0.2) is 17.3 Å². The number of nitrogens with two attached hydrogens (primary N) is 1. The quantitative estimate of drug-likeness (QED) is 0.487. The fourth-order valence-corrected chi connectivity index (χ4v) is 4.39. The van der Waals surface area contributed by atoms with Crippen molar-refractivity contribution in [3.8, 4) is 11.5 Å². The Bertz CT molecular complexity index is 1230. The number of hydrogen-bond donors (Lipinski definition) is 2. The molecule has 9 nitrogen and oxygen atoms in total. The van der Waals surface area contributed by atoms with E-state index in [1.807, 2.05) is 11.8 Å². The molecule has 0 radical (unpaired) electrons. The number of benzene rings is 2. The van der Waals surface area contributed by atoms with Gasteiger partial charge in [-0.1, -0.05) is 19.1 Å². The second-order valence-electron chi connectivity index (χ2n) is 8.46. The van der Waals surface area contributed by atoms with Gasteiger partial charge in [-0.25, -0.2) is 13.8 Å². The lowest BCUT2D eigenvalue weighted by Crippen LogP contribution is -2.49. The maximum Gasteiger partial charge on any atom is 0.228 e. The van der Waals surface area contributed by atoms with Gasteiger partial charge in [0.1, 0.15) is 17.2 Å². The summed E-state index contributed by atoms with van der Waals surface area (Å²) in [5, 5.41) is 3.63. The van der Waals surface area contributed by atoms with Gasteiger partial charge < -0.3 is 30.3 Å². The van der Waals surface area contributed by atoms with Crippen LogP contribution in [0.25, 0.3) is 10.9 Å². The van der Waals surface area contributed by atoms with Crippen molar-refractivity contribution in [3.05, 3.63) is 47.5 Å². The molecule has 11 heteroatoms. The summed E-state index contributed by atoms with van der Waals surface area (Å²) in [5.74, 6) is -0.435. The van der Waals surface area contributed by atoms with Gasteiger partial charge in [-0.3, -0.25) is 4.79 Å². The van der Waals surface area contributed by atoms with Gasteiger partial charge >= 0.3 is 0 Å². The number of aromatic nitrogens is 2. The number of hydrogen-bond acceptors (Lipinski definition) is 8. The molecule has 2 aromatic carbocycles. The Morgan fingerprint density at radius 2 is 1.81 bits per heavy atom. The summed E-state index contributed by atoms with van der Waals surface area (Å²) in [6.45, 7) is 4.48. The zero-order valence-corrected chi connectivity index (χ0v) is 20.6. The highest BCUT2D eigenvalue weighted by Gasteiger charge is 2.27. The molecule has 0 saturated carbocycles. The van der Waals surface area contributed by atoms with Crippen LogP contribution in [0.15, 0.2) is 30.3 Å². The number of fused-ring (bicyclic) bond motifs is 1. The van der Waals surface area contributed by atoms with Crippen LogP contribution in [0.5, 0.6) is 11.5 Å². The van der Waals surface area contributed by atoms with Crippen LogP contribution >= 0.6 is 0 Å². The van der Waals surface area contributed by atoms with Crippen LogP contribution < -0.4 is 25.4 Å². The molecule has 1 atom stereocenters. The summed E-state index contributed by atoms with van der Waals surface area (Å²) in [4.78, 5) is 25.5. The Morgan fingerprint density at radius 3 is 2.42 bits per heavy atom. The van der Waals surface area contributed by atoms with E-state index in [2.05, 4.69) is 15.3 Å². The molecule has 2 heterocycles. The van der Waals surface area contributed by atoms with Gasteiger partial charge in [0.05, 0.1) is 14.2 Å². The lowest BCUT2D eigenvalue weighted by Gasteiger charge is -2.35. The van der Waals surface area contributed by atoms with Crippen LogP contribution in [-0.2, 0) is 4.79 Å². The zero-order chi connectivity index (χ0) is 25.8. The number of carbonyl (C=O) groups excluding carboxylic acids is 1. The third kappa shape index (κ3) is 5.11. The topological polar surface area (TPSA) is 106 Å². The van der Waals surface area contributed by atoms with E-state index >= 15 is 4.39 Å². The van der Waals surface area contributed by atoms with E-state index in [0.717, 1.165) is 5.56 Å². The SMILES string of the molecule is CCNC(CC(=O)N1CCN(c2nc(N)c3cc(OC)c(OC)c(F)c3n2)CC1)c1ccc(F)cc1. The summed E-state index contributed by atoms with van der Waals surface area (Å²) < 4.78 is 38.8. The molecule has 1 saturated heterocycles. The predicted octanol–water partition coefficient (Wildman–Crippen LogP) is 2.90. The Labute approximate surface area is 208 Å². The minimum atomic E-state index is -0.675. The molecule has 4 rings (SSSR count). The highest BCUT2D eigenvalue weighted by molar-refractivity contribution is 5.92. The number of nitrogens with zero attached hydrogens (tertiary/aromatic N) is 4. The lowest BCUT2D eigenvalue weighted by atomic mass is 10.0. The van der Waals surface area contributed by atoms with E-state index in [4.69, 9.17) is 15.2 Å². The number of amides is 1. The first-order valence-electron chi connectivity index (χ1n) is 11.8. The van der Waals surface area contributed by atoms with Crippen molar-refractivity contribution < 1.29 is 23.0 Å². The number of rotatable bonds is 8. The van der Waals surface area contributed by atoms with Crippen LogP contribution in [0.1, 0.15) is 24.9 Å². The van der Waals surface area contributed by atoms with E-state index in [1.54, 1.807) is 23.1 Å². The average molecular weight is 501 g/mol. The maximum atomic E-state index is 15.1. The molecular formula is C25H30F2N6O3. The molecule has 192 valence electrons. The van der Waals surface area contributed by atoms with E-state index in [0.29, 0.717) is 38.1 Å². The van der Waals surface area contributed by atoms with Crippen LogP contribution in [0.2, 0.25) is 0 Å². The molecule has 1 aliphatic heterocycles. The van der Waals surface area contributed by atoms with E-state index < -0.39 is 5.82 Å². The maximum absolute atomic E-state index is 15.1. The van der Waals surface area contributed by atoms with Crippen molar-refractivity contribution >= 4 is 28.6 Å². The van der Waals surface area contributed by atoms with Gasteiger partial charge in [0.25, 0.3) is 0 Å². The van der Waals surface area contributed by atoms with Crippen LogP contribution in [-0.4, -0.2) is 67.7 Å². The Morgan fingerprint density at radius 1 is 1.11 bits per heavy atom. The first kappa shape index (κ1) is 25.4. The molecule has 1 amide bonds. The molecule has 1 aliphatic rings. The normalized spacial score (nSPS) is 14.7. The summed E-state index contributed by atoms with van der Waals surface area (Å²) in [6, 6.07) is 7.52. The number of piperazine rings is 1. The number of anilines is 2. The molecule has 3 aromatic rings. The molecule has 1 fully saturated rings. The third-order valence-corrected chi connectivity index (χ3v) is 6.31. The molecule has 0 spiro atoms. The summed E-state index contributed by atoms with van der Waals surface area (Å²) in [6.07, 6.45) is 0.256. The second-order valence-corrected chi connectivity index (χ2v) is 8.46. The number of nitrogens with one attached hydrogen (secondary N) is 1. The average Bonchev–Trinajstić information content (AvgIpc) is 2.89. The van der Waals surface area contributed by atoms with E-state index in [9.17, 15) is 9.18 Å². The first-order chi connectivity index (χ1) is 17.4. The summed E-state index contributed by atoms with van der Waals surface area (Å²) >= 11 is 0. The predicted molar refractivity (Wildman–Crippen MR) is 133 cm³/mol. The molecule has 3 N–H and O–H groups in total. The number of ether oxygens (including phenoxy) is 2. The largest absolute Gasteiger partial charge is 0.493 e. The van der Waals surface area contributed by atoms with Gasteiger partial charge in [0.2, 0.25) is 11.9 Å². The highest BCUT2D eigenvalue weighted by atomic mass is 19.1. The van der Waals surface area contributed by atoms with Crippen molar-refractivity contribution in [2.24, 2.45) is 0 Å². The van der Waals surface area contributed by atoms with Gasteiger partial charge in [-0.2, -0.15) is 4.98 Å². The van der Waals surface area contributed by atoms with Crippen molar-refractivity contribution in [1.82, 2.24) is 20.2 Å². The number of carbonyl (C=O) groups is 1. The summed E-state index contributed by atoms with van der Waals surface area (Å²) in [5.41, 5.74) is 7.04. The van der Waals surface area contributed by atoms with Gasteiger partial charge in [-0.05, 0) is 30.3 Å². The zero-order valence-electron chi connectivity index (χ0n) is 20.6. The molecule has 36 heavy (non-hydrogen) atoms. The van der Waals surface area contributed by atoms with Crippen LogP contribution in [0.3, 0.4) is 0 Å². The van der Waals surface area contributed by atoms with Crippen molar-refractivity contribution in [2.45, 2.75) is 19.4 Å². The summed E-state index contributed by atoms with van der Waals surface area (Å²) in [7, 11) is 2.76. The van der Waals surface area contributed by atoms with Crippen molar-refractivity contribution in [2.75, 3.05) is 57.6 Å². The highest BCUT2D eigenvalue weighted by Crippen LogP contribution is 2.37. The molecule has 0 bridgehead atoms. The monoisotopic (exact) mass is 500 g/mol. The van der Waals surface area contributed by atoms with Gasteiger partial charge in [-0.15, -0.1) is 0 Å².